The van der Waals surface area contributed by atoms with Crippen LogP contribution >= 0.6 is 0 Å². The molecule has 0 saturated carbocycles. The number of amides is 1. The van der Waals surface area contributed by atoms with Crippen LogP contribution < -0.4 is 5.32 Å². The number of carbonyl (C=O) groups is 1. The summed E-state index contributed by atoms with van der Waals surface area (Å²) in [5.74, 6) is 0.300. The quantitative estimate of drug-likeness (QED) is 0.538. The van der Waals surface area contributed by atoms with Crippen LogP contribution in [0.1, 0.15) is 29.3 Å². The second-order valence-electron chi connectivity index (χ2n) is 4.94. The Hall–Kier alpha value is -3.56. The zero-order valence-corrected chi connectivity index (χ0v) is 12.5. The van der Waals surface area contributed by atoms with Crippen LogP contribution in [0, 0.1) is 10.1 Å². The normalized spacial score (nSPS) is 11.9. The van der Waals surface area contributed by atoms with E-state index in [4.69, 9.17) is 0 Å². The van der Waals surface area contributed by atoms with Crippen LogP contribution in [0.2, 0.25) is 0 Å². The molecule has 24 heavy (non-hydrogen) atoms. The molecule has 0 radical (unpaired) electrons. The van der Waals surface area contributed by atoms with Gasteiger partial charge in [0.15, 0.2) is 5.82 Å². The number of nitrogens with zero attached hydrogens (tertiary/aromatic N) is 4. The van der Waals surface area contributed by atoms with Gasteiger partial charge in [0.2, 0.25) is 6.39 Å². The number of hydrogen-bond donors (Lipinski definition) is 2. The van der Waals surface area contributed by atoms with Gasteiger partial charge in [0.1, 0.15) is 11.5 Å². The van der Waals surface area contributed by atoms with Gasteiger partial charge in [0.25, 0.3) is 11.6 Å². The van der Waals surface area contributed by atoms with Gasteiger partial charge in [-0.05, 0) is 6.92 Å². The van der Waals surface area contributed by atoms with E-state index < -0.39 is 16.9 Å². The summed E-state index contributed by atoms with van der Waals surface area (Å²) in [5, 5.41) is 17.2. The molecule has 1 aromatic carbocycles. The second-order valence-corrected chi connectivity index (χ2v) is 4.94. The largest absolute Gasteiger partial charge is 0.343 e. The van der Waals surface area contributed by atoms with Crippen LogP contribution in [-0.2, 0) is 0 Å². The third kappa shape index (κ3) is 3.11. The highest BCUT2D eigenvalue weighted by atomic mass is 16.6. The number of aromatic nitrogens is 4. The highest BCUT2D eigenvalue weighted by molar-refractivity contribution is 5.92. The number of aromatic amines is 1. The Kier molecular flexibility index (Phi) is 4.01. The van der Waals surface area contributed by atoms with Crippen LogP contribution in [0.15, 0.2) is 41.4 Å². The van der Waals surface area contributed by atoms with E-state index in [1.54, 1.807) is 19.1 Å². The number of hydrogen-bond acceptors (Lipinski definition) is 7. The Morgan fingerprint density at radius 1 is 1.42 bits per heavy atom. The summed E-state index contributed by atoms with van der Waals surface area (Å²) in [7, 11) is 0. The van der Waals surface area contributed by atoms with Gasteiger partial charge in [-0.2, -0.15) is 4.98 Å². The first-order chi connectivity index (χ1) is 11.5. The van der Waals surface area contributed by atoms with Crippen molar-refractivity contribution in [2.75, 3.05) is 0 Å². The van der Waals surface area contributed by atoms with Crippen LogP contribution in [0.3, 0.4) is 0 Å². The number of rotatable bonds is 5. The third-order valence-corrected chi connectivity index (χ3v) is 3.26. The smallest absolute Gasteiger partial charge is 0.270 e. The zero-order valence-electron chi connectivity index (χ0n) is 12.5. The molecule has 2 N–H and O–H groups in total. The predicted octanol–water partition coefficient (Wildman–Crippen LogP) is 1.86. The Bertz CT molecular complexity index is 873. The maximum absolute atomic E-state index is 12.2. The van der Waals surface area contributed by atoms with Crippen molar-refractivity contribution in [2.24, 2.45) is 0 Å². The number of imidazole rings is 1. The van der Waals surface area contributed by atoms with Gasteiger partial charge in [0.05, 0.1) is 17.2 Å². The van der Waals surface area contributed by atoms with Gasteiger partial charge < -0.3 is 14.8 Å². The van der Waals surface area contributed by atoms with E-state index in [1.165, 1.54) is 24.7 Å². The van der Waals surface area contributed by atoms with Crippen molar-refractivity contribution in [2.45, 2.75) is 13.0 Å². The molecule has 3 aromatic rings. The summed E-state index contributed by atoms with van der Waals surface area (Å²) >= 11 is 0. The van der Waals surface area contributed by atoms with E-state index in [0.717, 1.165) is 0 Å². The third-order valence-electron chi connectivity index (χ3n) is 3.26. The average molecular weight is 328 g/mol. The van der Waals surface area contributed by atoms with Crippen LogP contribution in [0.25, 0.3) is 11.4 Å². The molecular formula is C14H12N6O4. The summed E-state index contributed by atoms with van der Waals surface area (Å²) in [5.41, 5.74) is 0.668. The summed E-state index contributed by atoms with van der Waals surface area (Å²) < 4.78 is 4.63. The molecule has 0 aliphatic rings. The molecule has 10 heteroatoms. The lowest BCUT2D eigenvalue weighted by Gasteiger charge is -2.08. The van der Waals surface area contributed by atoms with Gasteiger partial charge in [-0.15, -0.1) is 0 Å². The van der Waals surface area contributed by atoms with Crippen molar-refractivity contribution in [3.05, 3.63) is 58.5 Å². The van der Waals surface area contributed by atoms with Gasteiger partial charge in [0, 0.05) is 17.7 Å². The Balaban J connectivity index is 1.76. The molecule has 2 aromatic heterocycles. The number of carbonyl (C=O) groups excluding carboxylic acids is 1. The van der Waals surface area contributed by atoms with Crippen molar-refractivity contribution in [3.63, 3.8) is 0 Å². The van der Waals surface area contributed by atoms with E-state index >= 15 is 0 Å². The molecular weight excluding hydrogens is 316 g/mol. The minimum atomic E-state index is -0.493. The van der Waals surface area contributed by atoms with Crippen molar-refractivity contribution in [3.8, 4) is 11.4 Å². The van der Waals surface area contributed by atoms with Gasteiger partial charge in [-0.25, -0.2) is 4.98 Å². The van der Waals surface area contributed by atoms with Crippen molar-refractivity contribution >= 4 is 11.6 Å². The fourth-order valence-electron chi connectivity index (χ4n) is 2.06. The van der Waals surface area contributed by atoms with E-state index in [9.17, 15) is 14.9 Å². The Morgan fingerprint density at radius 2 is 2.25 bits per heavy atom. The first-order valence-corrected chi connectivity index (χ1v) is 6.91. The molecule has 1 amide bonds. The molecule has 0 saturated heterocycles. The summed E-state index contributed by atoms with van der Waals surface area (Å²) in [6.45, 7) is 1.71. The molecule has 1 atom stereocenters. The monoisotopic (exact) mass is 328 g/mol. The molecule has 10 nitrogen and oxygen atoms in total. The summed E-state index contributed by atoms with van der Waals surface area (Å²) in [4.78, 5) is 33.3. The predicted molar refractivity (Wildman–Crippen MR) is 80.9 cm³/mol. The van der Waals surface area contributed by atoms with Crippen molar-refractivity contribution < 1.29 is 14.2 Å². The van der Waals surface area contributed by atoms with Gasteiger partial charge in [-0.3, -0.25) is 14.9 Å². The molecule has 0 aliphatic carbocycles. The zero-order chi connectivity index (χ0) is 17.1. The number of non-ortho nitro benzene ring substituents is 1. The molecule has 0 bridgehead atoms. The number of nitro benzene ring substituents is 1. The number of H-pyrrole nitrogens is 1. The van der Waals surface area contributed by atoms with Crippen LogP contribution in [0.4, 0.5) is 5.69 Å². The van der Waals surface area contributed by atoms with E-state index in [2.05, 4.69) is 29.9 Å². The van der Waals surface area contributed by atoms with E-state index in [0.29, 0.717) is 17.2 Å². The fourth-order valence-corrected chi connectivity index (χ4v) is 2.06. The first-order valence-electron chi connectivity index (χ1n) is 6.91. The minimum Gasteiger partial charge on any atom is -0.343 e. The van der Waals surface area contributed by atoms with Gasteiger partial charge >= 0.3 is 0 Å². The van der Waals surface area contributed by atoms with E-state index in [1.807, 2.05) is 0 Å². The first kappa shape index (κ1) is 15.3. The average Bonchev–Trinajstić information content (AvgIpc) is 3.26. The molecule has 122 valence electrons. The summed E-state index contributed by atoms with van der Waals surface area (Å²) in [6, 6.07) is 5.53. The standard InChI is InChI=1S/C14H12N6O4/c1-8(12-16-7-24-19-12)17-14(21)11-6-15-13(18-11)9-3-2-4-10(5-9)20(22)23/h2-8H,1H3,(H,15,18)(H,17,21). The lowest BCUT2D eigenvalue weighted by Crippen LogP contribution is -2.27. The minimum absolute atomic E-state index is 0.0550. The number of benzene rings is 1. The van der Waals surface area contributed by atoms with Crippen molar-refractivity contribution in [1.82, 2.24) is 25.4 Å². The SMILES string of the molecule is CC(NC(=O)c1cnc(-c2cccc([N+](=O)[O-])c2)[nH]1)c1ncon1. The lowest BCUT2D eigenvalue weighted by molar-refractivity contribution is -0.384. The molecule has 0 aliphatic heterocycles. The van der Waals surface area contributed by atoms with Crippen LogP contribution in [-0.4, -0.2) is 30.9 Å². The molecule has 0 spiro atoms. The molecule has 0 fully saturated rings. The van der Waals surface area contributed by atoms with Crippen LogP contribution in [0.5, 0.6) is 0 Å². The molecule has 2 heterocycles. The maximum atomic E-state index is 12.2. The highest BCUT2D eigenvalue weighted by Crippen LogP contribution is 2.21. The Labute approximate surface area is 135 Å². The molecule has 1 unspecified atom stereocenters. The highest BCUT2D eigenvalue weighted by Gasteiger charge is 2.17. The van der Waals surface area contributed by atoms with E-state index in [-0.39, 0.29) is 11.4 Å². The second kappa shape index (κ2) is 6.28. The topological polar surface area (TPSA) is 140 Å². The maximum Gasteiger partial charge on any atom is 0.270 e. The fraction of sp³-hybridized carbons (Fsp3) is 0.143. The van der Waals surface area contributed by atoms with Gasteiger partial charge in [-0.1, -0.05) is 17.3 Å². The molecule has 3 rings (SSSR count). The van der Waals surface area contributed by atoms with Crippen molar-refractivity contribution in [1.29, 1.82) is 0 Å². The number of nitro groups is 1. The number of nitrogens with one attached hydrogen (secondary N) is 2. The lowest BCUT2D eigenvalue weighted by atomic mass is 10.2. The summed E-state index contributed by atoms with van der Waals surface area (Å²) in [6.07, 6.45) is 2.53. The Morgan fingerprint density at radius 3 is 2.96 bits per heavy atom.